The Labute approximate surface area is 127 Å². The summed E-state index contributed by atoms with van der Waals surface area (Å²) in [5.41, 5.74) is -1.63. The number of aryl methyl sites for hydroxylation is 1. The number of nitrogens with zero attached hydrogens (tertiary/aromatic N) is 2. The number of hydrogen-bond acceptors (Lipinski definition) is 5. The highest BCUT2D eigenvalue weighted by Crippen LogP contribution is 2.23. The Morgan fingerprint density at radius 2 is 2.14 bits per heavy atom. The second-order valence-corrected chi connectivity index (χ2v) is 6.06. The number of alkyl carbamates (subject to hydrolysis) is 1. The van der Waals surface area contributed by atoms with Crippen LogP contribution in [0.1, 0.15) is 26.5 Å². The molecule has 22 heavy (non-hydrogen) atoms. The average Bonchev–Trinajstić information content (AvgIpc) is 2.89. The highest BCUT2D eigenvalue weighted by molar-refractivity contribution is 6.07. The SMILES string of the molecule is Cn1cncc1[C@@]1(CNC(=O)OC(C)(C)C)NC(=O)NC1=O. The molecule has 0 aromatic carbocycles. The van der Waals surface area contributed by atoms with E-state index in [0.717, 1.165) is 0 Å². The molecule has 0 radical (unpaired) electrons. The largest absolute Gasteiger partial charge is 0.444 e. The Hall–Kier alpha value is -2.58. The number of carbonyl (C=O) groups is 3. The summed E-state index contributed by atoms with van der Waals surface area (Å²) in [6, 6.07) is -0.628. The first-order valence-corrected chi connectivity index (χ1v) is 6.71. The van der Waals surface area contributed by atoms with E-state index in [1.165, 1.54) is 12.5 Å². The van der Waals surface area contributed by atoms with Gasteiger partial charge in [-0.3, -0.25) is 10.1 Å². The summed E-state index contributed by atoms with van der Waals surface area (Å²) in [6.45, 7) is 5.04. The van der Waals surface area contributed by atoms with Gasteiger partial charge in [0, 0.05) is 7.05 Å². The maximum absolute atomic E-state index is 12.2. The van der Waals surface area contributed by atoms with Crippen molar-refractivity contribution in [3.63, 3.8) is 0 Å². The lowest BCUT2D eigenvalue weighted by Gasteiger charge is -2.27. The maximum atomic E-state index is 12.2. The lowest BCUT2D eigenvalue weighted by Crippen LogP contribution is -2.54. The zero-order valence-corrected chi connectivity index (χ0v) is 12.9. The molecule has 1 aromatic heterocycles. The van der Waals surface area contributed by atoms with Crippen LogP contribution in [0.3, 0.4) is 0 Å². The van der Waals surface area contributed by atoms with E-state index in [-0.39, 0.29) is 6.54 Å². The smallest absolute Gasteiger partial charge is 0.407 e. The molecule has 120 valence electrons. The van der Waals surface area contributed by atoms with E-state index in [1.54, 1.807) is 32.4 Å². The van der Waals surface area contributed by atoms with Crippen molar-refractivity contribution in [1.29, 1.82) is 0 Å². The second-order valence-electron chi connectivity index (χ2n) is 6.06. The standard InChI is InChI=1S/C13H19N5O4/c1-12(2,3)22-11(21)15-6-13(8-5-14-7-18(8)4)9(19)16-10(20)17-13/h5,7H,6H2,1-4H3,(H,15,21)(H2,16,17,19,20)/t13-/m1/s1. The van der Waals surface area contributed by atoms with Crippen molar-refractivity contribution < 1.29 is 19.1 Å². The molecular formula is C13H19N5O4. The van der Waals surface area contributed by atoms with E-state index in [2.05, 4.69) is 20.9 Å². The third-order valence-electron chi connectivity index (χ3n) is 3.09. The number of nitrogens with one attached hydrogen (secondary N) is 3. The van der Waals surface area contributed by atoms with Crippen LogP contribution in [0.25, 0.3) is 0 Å². The van der Waals surface area contributed by atoms with Crippen molar-refractivity contribution in [1.82, 2.24) is 25.5 Å². The van der Waals surface area contributed by atoms with E-state index in [1.807, 2.05) is 0 Å². The monoisotopic (exact) mass is 309 g/mol. The van der Waals surface area contributed by atoms with Gasteiger partial charge in [0.25, 0.3) is 5.91 Å². The molecule has 1 aliphatic rings. The van der Waals surface area contributed by atoms with Crippen molar-refractivity contribution in [2.24, 2.45) is 7.05 Å². The Bertz CT molecular complexity index is 618. The van der Waals surface area contributed by atoms with Crippen LogP contribution >= 0.6 is 0 Å². The fourth-order valence-electron chi connectivity index (χ4n) is 2.17. The summed E-state index contributed by atoms with van der Waals surface area (Å²) in [5.74, 6) is -0.558. The molecule has 2 heterocycles. The first-order chi connectivity index (χ1) is 10.1. The molecule has 0 spiro atoms. The van der Waals surface area contributed by atoms with Crippen LogP contribution in [-0.4, -0.2) is 39.7 Å². The fraction of sp³-hybridized carbons (Fsp3) is 0.538. The molecule has 1 aliphatic heterocycles. The average molecular weight is 309 g/mol. The van der Waals surface area contributed by atoms with Gasteiger partial charge in [0.15, 0.2) is 5.54 Å². The summed E-state index contributed by atoms with van der Waals surface area (Å²) in [6.07, 6.45) is 2.28. The molecule has 0 bridgehead atoms. The van der Waals surface area contributed by atoms with Gasteiger partial charge in [0.2, 0.25) is 0 Å². The third-order valence-corrected chi connectivity index (χ3v) is 3.09. The molecule has 0 saturated carbocycles. The molecule has 0 aliphatic carbocycles. The third kappa shape index (κ3) is 3.02. The summed E-state index contributed by atoms with van der Waals surface area (Å²) < 4.78 is 6.73. The van der Waals surface area contributed by atoms with Gasteiger partial charge < -0.3 is 19.9 Å². The Kier molecular flexibility index (Phi) is 3.82. The molecule has 1 aromatic rings. The van der Waals surface area contributed by atoms with Gasteiger partial charge in [-0.05, 0) is 20.8 Å². The molecule has 9 nitrogen and oxygen atoms in total. The van der Waals surface area contributed by atoms with Gasteiger partial charge in [0.1, 0.15) is 5.60 Å². The Balaban J connectivity index is 2.21. The summed E-state index contributed by atoms with van der Waals surface area (Å²) in [5, 5.41) is 7.23. The molecule has 3 N–H and O–H groups in total. The molecule has 1 fully saturated rings. The van der Waals surface area contributed by atoms with Crippen LogP contribution in [0.5, 0.6) is 0 Å². The maximum Gasteiger partial charge on any atom is 0.407 e. The van der Waals surface area contributed by atoms with Crippen molar-refractivity contribution >= 4 is 18.0 Å². The number of ether oxygens (including phenoxy) is 1. The number of urea groups is 1. The van der Waals surface area contributed by atoms with E-state index in [0.29, 0.717) is 5.69 Å². The summed E-state index contributed by atoms with van der Waals surface area (Å²) >= 11 is 0. The minimum atomic E-state index is -1.42. The lowest BCUT2D eigenvalue weighted by molar-refractivity contribution is -0.124. The molecule has 1 atom stereocenters. The topological polar surface area (TPSA) is 114 Å². The van der Waals surface area contributed by atoms with Crippen molar-refractivity contribution in [3.05, 3.63) is 18.2 Å². The Morgan fingerprint density at radius 3 is 2.59 bits per heavy atom. The predicted molar refractivity (Wildman–Crippen MR) is 75.8 cm³/mol. The normalized spacial score (nSPS) is 21.3. The summed E-state index contributed by atoms with van der Waals surface area (Å²) in [4.78, 5) is 39.5. The van der Waals surface area contributed by atoms with Crippen LogP contribution in [0.15, 0.2) is 12.5 Å². The van der Waals surface area contributed by atoms with Crippen LogP contribution in [0, 0.1) is 0 Å². The number of carbonyl (C=O) groups excluding carboxylic acids is 3. The molecular weight excluding hydrogens is 290 g/mol. The van der Waals surface area contributed by atoms with E-state index in [4.69, 9.17) is 4.74 Å². The highest BCUT2D eigenvalue weighted by atomic mass is 16.6. The number of hydrogen-bond donors (Lipinski definition) is 3. The molecule has 1 saturated heterocycles. The number of imide groups is 1. The second kappa shape index (κ2) is 5.32. The van der Waals surface area contributed by atoms with Gasteiger partial charge in [-0.25, -0.2) is 14.6 Å². The van der Waals surface area contributed by atoms with Gasteiger partial charge in [-0.15, -0.1) is 0 Å². The van der Waals surface area contributed by atoms with Gasteiger partial charge in [-0.1, -0.05) is 0 Å². The van der Waals surface area contributed by atoms with Crippen molar-refractivity contribution in [3.8, 4) is 0 Å². The van der Waals surface area contributed by atoms with Crippen molar-refractivity contribution in [2.75, 3.05) is 6.54 Å². The van der Waals surface area contributed by atoms with Crippen LogP contribution in [-0.2, 0) is 22.1 Å². The zero-order chi connectivity index (χ0) is 16.5. The van der Waals surface area contributed by atoms with Gasteiger partial charge >= 0.3 is 12.1 Å². The number of aromatic nitrogens is 2. The van der Waals surface area contributed by atoms with Gasteiger partial charge in [0.05, 0.1) is 24.8 Å². The van der Waals surface area contributed by atoms with Gasteiger partial charge in [-0.2, -0.15) is 0 Å². The first kappa shape index (κ1) is 15.8. The number of amides is 4. The van der Waals surface area contributed by atoms with Crippen LogP contribution in [0.4, 0.5) is 9.59 Å². The molecule has 2 rings (SSSR count). The lowest BCUT2D eigenvalue weighted by atomic mass is 9.95. The molecule has 9 heteroatoms. The zero-order valence-electron chi connectivity index (χ0n) is 12.9. The minimum Gasteiger partial charge on any atom is -0.444 e. The number of imidazole rings is 1. The quantitative estimate of drug-likeness (QED) is 0.679. The van der Waals surface area contributed by atoms with E-state index < -0.39 is 29.2 Å². The minimum absolute atomic E-state index is 0.154. The Morgan fingerprint density at radius 1 is 1.45 bits per heavy atom. The number of rotatable bonds is 3. The van der Waals surface area contributed by atoms with Crippen LogP contribution in [0.2, 0.25) is 0 Å². The molecule has 0 unspecified atom stereocenters. The predicted octanol–water partition coefficient (Wildman–Crippen LogP) is -0.0205. The molecule has 4 amide bonds. The first-order valence-electron chi connectivity index (χ1n) is 6.71. The van der Waals surface area contributed by atoms with E-state index >= 15 is 0 Å². The van der Waals surface area contributed by atoms with E-state index in [9.17, 15) is 14.4 Å². The highest BCUT2D eigenvalue weighted by Gasteiger charge is 2.50. The summed E-state index contributed by atoms with van der Waals surface area (Å²) in [7, 11) is 1.69. The van der Waals surface area contributed by atoms with Crippen molar-refractivity contribution in [2.45, 2.75) is 31.9 Å². The fourth-order valence-corrected chi connectivity index (χ4v) is 2.17. The van der Waals surface area contributed by atoms with Crippen LogP contribution < -0.4 is 16.0 Å².